The van der Waals surface area contributed by atoms with Gasteiger partial charge in [-0.25, -0.2) is 4.98 Å². The topological polar surface area (TPSA) is 95.3 Å². The third-order valence-electron chi connectivity index (χ3n) is 2.73. The summed E-state index contributed by atoms with van der Waals surface area (Å²) in [4.78, 5) is 30.6. The van der Waals surface area contributed by atoms with Gasteiger partial charge in [0, 0.05) is 14.1 Å². The first-order valence-electron chi connectivity index (χ1n) is 5.95. The van der Waals surface area contributed by atoms with Crippen LogP contribution >= 0.6 is 0 Å². The highest BCUT2D eigenvalue weighted by atomic mass is 16.3. The van der Waals surface area contributed by atoms with Crippen molar-refractivity contribution < 1.29 is 14.0 Å². The van der Waals surface area contributed by atoms with Crippen LogP contribution in [-0.4, -0.2) is 57.4 Å². The summed E-state index contributed by atoms with van der Waals surface area (Å²) in [6.07, 6.45) is 2.79. The van der Waals surface area contributed by atoms with E-state index in [9.17, 15) is 9.59 Å². The number of hydrogen-bond acceptors (Lipinski definition) is 5. The highest BCUT2D eigenvalue weighted by molar-refractivity contribution is 5.93. The summed E-state index contributed by atoms with van der Waals surface area (Å²) >= 11 is 0. The Balaban J connectivity index is 1.88. The van der Waals surface area contributed by atoms with Crippen molar-refractivity contribution in [2.24, 2.45) is 0 Å². The van der Waals surface area contributed by atoms with Crippen molar-refractivity contribution in [3.05, 3.63) is 36.3 Å². The van der Waals surface area contributed by atoms with Gasteiger partial charge in [0.2, 0.25) is 5.91 Å². The number of hydrogen-bond donors (Lipinski definition) is 1. The minimum absolute atomic E-state index is 0.0375. The van der Waals surface area contributed by atoms with Gasteiger partial charge in [0.05, 0.1) is 19.4 Å². The molecular weight excluding hydrogens is 262 g/mol. The molecule has 8 heteroatoms. The van der Waals surface area contributed by atoms with E-state index in [1.54, 1.807) is 26.2 Å². The van der Waals surface area contributed by atoms with Crippen molar-refractivity contribution in [2.75, 3.05) is 20.6 Å². The number of furan rings is 1. The molecule has 0 aliphatic heterocycles. The average Bonchev–Trinajstić information content (AvgIpc) is 3.10. The Bertz CT molecular complexity index is 564. The fourth-order valence-electron chi connectivity index (χ4n) is 1.60. The number of carbonyl (C=O) groups excluding carboxylic acids is 2. The van der Waals surface area contributed by atoms with Crippen molar-refractivity contribution in [3.63, 3.8) is 0 Å². The quantitative estimate of drug-likeness (QED) is 0.838. The van der Waals surface area contributed by atoms with Gasteiger partial charge in [0.15, 0.2) is 5.76 Å². The molecule has 0 unspecified atom stereocenters. The summed E-state index contributed by atoms with van der Waals surface area (Å²) < 4.78 is 5.00. The number of aromatic nitrogens is 3. The van der Waals surface area contributed by atoms with Gasteiger partial charge in [-0.1, -0.05) is 0 Å². The fourth-order valence-corrected chi connectivity index (χ4v) is 1.60. The number of H-pyrrole nitrogens is 1. The Labute approximate surface area is 115 Å². The lowest BCUT2D eigenvalue weighted by Gasteiger charge is -2.20. The van der Waals surface area contributed by atoms with Crippen LogP contribution in [0.5, 0.6) is 0 Å². The Morgan fingerprint density at radius 3 is 2.75 bits per heavy atom. The molecule has 0 fully saturated rings. The van der Waals surface area contributed by atoms with Crippen LogP contribution in [0.1, 0.15) is 16.4 Å². The zero-order chi connectivity index (χ0) is 14.5. The maximum absolute atomic E-state index is 12.0. The molecule has 1 N–H and O–H groups in total. The molecule has 2 amide bonds. The van der Waals surface area contributed by atoms with E-state index >= 15 is 0 Å². The summed E-state index contributed by atoms with van der Waals surface area (Å²) in [5, 5.41) is 6.38. The van der Waals surface area contributed by atoms with Gasteiger partial charge in [-0.3, -0.25) is 14.7 Å². The maximum atomic E-state index is 12.0. The van der Waals surface area contributed by atoms with E-state index in [2.05, 4.69) is 15.2 Å². The minimum atomic E-state index is -0.337. The van der Waals surface area contributed by atoms with Crippen LogP contribution in [0.4, 0.5) is 0 Å². The predicted molar refractivity (Wildman–Crippen MR) is 68.5 cm³/mol. The van der Waals surface area contributed by atoms with Gasteiger partial charge in [0.1, 0.15) is 12.2 Å². The zero-order valence-electron chi connectivity index (χ0n) is 11.2. The summed E-state index contributed by atoms with van der Waals surface area (Å²) in [6.45, 7) is 0.270. The molecule has 0 atom stereocenters. The Morgan fingerprint density at radius 1 is 1.35 bits per heavy atom. The molecule has 0 aliphatic rings. The summed E-state index contributed by atoms with van der Waals surface area (Å²) in [5.41, 5.74) is 0. The molecule has 0 spiro atoms. The molecule has 0 radical (unpaired) electrons. The first kappa shape index (κ1) is 13.8. The van der Waals surface area contributed by atoms with E-state index in [1.165, 1.54) is 22.4 Å². The molecule has 0 bridgehead atoms. The summed E-state index contributed by atoms with van der Waals surface area (Å²) in [5.74, 6) is 0.249. The van der Waals surface area contributed by atoms with E-state index < -0.39 is 0 Å². The lowest BCUT2D eigenvalue weighted by Crippen LogP contribution is -2.39. The number of nitrogens with zero attached hydrogens (tertiary/aromatic N) is 4. The SMILES string of the molecule is CN(Cc1ncn[nH]1)C(=O)CN(C)C(=O)c1ccco1. The van der Waals surface area contributed by atoms with Crippen LogP contribution in [-0.2, 0) is 11.3 Å². The highest BCUT2D eigenvalue weighted by Crippen LogP contribution is 2.05. The lowest BCUT2D eigenvalue weighted by atomic mass is 10.3. The highest BCUT2D eigenvalue weighted by Gasteiger charge is 2.19. The van der Waals surface area contributed by atoms with Crippen LogP contribution < -0.4 is 0 Å². The Hall–Kier alpha value is -2.64. The number of amides is 2. The fraction of sp³-hybridized carbons (Fsp3) is 0.333. The molecule has 8 nitrogen and oxygen atoms in total. The molecule has 106 valence electrons. The van der Waals surface area contributed by atoms with Crippen LogP contribution in [0.25, 0.3) is 0 Å². The van der Waals surface area contributed by atoms with Crippen molar-refractivity contribution in [2.45, 2.75) is 6.54 Å². The first-order valence-corrected chi connectivity index (χ1v) is 5.95. The van der Waals surface area contributed by atoms with Gasteiger partial charge in [0.25, 0.3) is 5.91 Å². The van der Waals surface area contributed by atoms with Crippen molar-refractivity contribution in [3.8, 4) is 0 Å². The van der Waals surface area contributed by atoms with E-state index in [4.69, 9.17) is 4.42 Å². The molecular formula is C12H15N5O3. The van der Waals surface area contributed by atoms with Gasteiger partial charge in [-0.15, -0.1) is 0 Å². The van der Waals surface area contributed by atoms with E-state index in [-0.39, 0.29) is 24.1 Å². The lowest BCUT2D eigenvalue weighted by molar-refractivity contribution is -0.131. The third kappa shape index (κ3) is 3.22. The number of nitrogens with one attached hydrogen (secondary N) is 1. The Morgan fingerprint density at radius 2 is 2.15 bits per heavy atom. The monoisotopic (exact) mass is 277 g/mol. The van der Waals surface area contributed by atoms with E-state index in [0.717, 1.165) is 0 Å². The third-order valence-corrected chi connectivity index (χ3v) is 2.73. The molecule has 2 heterocycles. The minimum Gasteiger partial charge on any atom is -0.459 e. The number of aromatic amines is 1. The predicted octanol–water partition coefficient (Wildman–Crippen LogP) is 0.128. The first-order chi connectivity index (χ1) is 9.58. The molecule has 0 aliphatic carbocycles. The number of likely N-dealkylation sites (N-methyl/N-ethyl adjacent to an activating group) is 2. The molecule has 2 aromatic rings. The van der Waals surface area contributed by atoms with Gasteiger partial charge >= 0.3 is 0 Å². The molecule has 2 aromatic heterocycles. The normalized spacial score (nSPS) is 10.3. The summed E-state index contributed by atoms with van der Waals surface area (Å²) in [6, 6.07) is 3.18. The Kier molecular flexibility index (Phi) is 4.14. The second kappa shape index (κ2) is 6.00. The average molecular weight is 277 g/mol. The van der Waals surface area contributed by atoms with E-state index in [1.807, 2.05) is 0 Å². The van der Waals surface area contributed by atoms with E-state index in [0.29, 0.717) is 12.4 Å². The molecule has 2 rings (SSSR count). The molecule has 0 saturated heterocycles. The summed E-state index contributed by atoms with van der Waals surface area (Å²) in [7, 11) is 3.18. The van der Waals surface area contributed by atoms with Crippen LogP contribution in [0.15, 0.2) is 29.1 Å². The number of carbonyl (C=O) groups is 2. The van der Waals surface area contributed by atoms with Gasteiger partial charge in [-0.2, -0.15) is 5.10 Å². The molecule has 0 aromatic carbocycles. The second-order valence-electron chi connectivity index (χ2n) is 4.32. The smallest absolute Gasteiger partial charge is 0.289 e. The van der Waals surface area contributed by atoms with Crippen molar-refractivity contribution >= 4 is 11.8 Å². The van der Waals surface area contributed by atoms with Crippen LogP contribution in [0.2, 0.25) is 0 Å². The van der Waals surface area contributed by atoms with Gasteiger partial charge < -0.3 is 14.2 Å². The second-order valence-corrected chi connectivity index (χ2v) is 4.32. The number of rotatable bonds is 5. The molecule has 20 heavy (non-hydrogen) atoms. The maximum Gasteiger partial charge on any atom is 0.289 e. The molecule has 0 saturated carbocycles. The standard InChI is InChI=1S/C12H15N5O3/c1-16(6-10-13-8-14-15-10)11(18)7-17(2)12(19)9-4-3-5-20-9/h3-5,8H,6-7H2,1-2H3,(H,13,14,15). The largest absolute Gasteiger partial charge is 0.459 e. The van der Waals surface area contributed by atoms with Gasteiger partial charge in [-0.05, 0) is 12.1 Å². The van der Waals surface area contributed by atoms with Crippen LogP contribution in [0, 0.1) is 0 Å². The van der Waals surface area contributed by atoms with Crippen molar-refractivity contribution in [1.82, 2.24) is 25.0 Å². The zero-order valence-corrected chi connectivity index (χ0v) is 11.2. The van der Waals surface area contributed by atoms with Crippen molar-refractivity contribution in [1.29, 1.82) is 0 Å². The van der Waals surface area contributed by atoms with Crippen LogP contribution in [0.3, 0.4) is 0 Å².